The van der Waals surface area contributed by atoms with E-state index in [1.807, 2.05) is 6.92 Å². The molecular formula is C14H26N2O3. The van der Waals surface area contributed by atoms with Gasteiger partial charge in [-0.2, -0.15) is 0 Å². The van der Waals surface area contributed by atoms with Gasteiger partial charge in [-0.25, -0.2) is 0 Å². The maximum atomic E-state index is 12.2. The average Bonchev–Trinajstić information content (AvgIpc) is 2.74. The van der Waals surface area contributed by atoms with Crippen LogP contribution in [0.4, 0.5) is 0 Å². The molecule has 0 bridgehead atoms. The highest BCUT2D eigenvalue weighted by Gasteiger charge is 2.42. The molecule has 2 aliphatic rings. The summed E-state index contributed by atoms with van der Waals surface area (Å²) in [6.07, 6.45) is 3.97. The Morgan fingerprint density at radius 1 is 1.37 bits per heavy atom. The summed E-state index contributed by atoms with van der Waals surface area (Å²) < 4.78 is 5.70. The first-order valence-electron chi connectivity index (χ1n) is 7.15. The van der Waals surface area contributed by atoms with Gasteiger partial charge in [0.2, 0.25) is 0 Å². The van der Waals surface area contributed by atoms with Crippen LogP contribution in [0.2, 0.25) is 0 Å². The van der Waals surface area contributed by atoms with Gasteiger partial charge in [0.05, 0.1) is 12.2 Å². The van der Waals surface area contributed by atoms with Gasteiger partial charge in [-0.05, 0) is 19.8 Å². The molecule has 1 atom stereocenters. The fraction of sp³-hybridized carbons (Fsp3) is 0.929. The molecule has 19 heavy (non-hydrogen) atoms. The molecule has 0 aromatic carbocycles. The zero-order valence-corrected chi connectivity index (χ0v) is 12.3. The summed E-state index contributed by atoms with van der Waals surface area (Å²) in [6, 6.07) is 0. The Labute approximate surface area is 115 Å². The summed E-state index contributed by atoms with van der Waals surface area (Å²) in [5.74, 6) is -0.00406. The van der Waals surface area contributed by atoms with Crippen molar-refractivity contribution >= 4 is 5.91 Å². The Hall–Kier alpha value is -0.650. The minimum absolute atomic E-state index is 0.00406. The lowest BCUT2D eigenvalue weighted by molar-refractivity contribution is -0.167. The van der Waals surface area contributed by atoms with E-state index in [1.54, 1.807) is 19.0 Å². The molecule has 5 nitrogen and oxygen atoms in total. The van der Waals surface area contributed by atoms with Crippen molar-refractivity contribution in [2.24, 2.45) is 0 Å². The first-order valence-corrected chi connectivity index (χ1v) is 7.15. The van der Waals surface area contributed by atoms with Crippen LogP contribution >= 0.6 is 0 Å². The molecule has 1 amide bonds. The summed E-state index contributed by atoms with van der Waals surface area (Å²) in [5.41, 5.74) is -1.34. The predicted octanol–water partition coefficient (Wildman–Crippen LogP) is 0.471. The molecule has 1 N–H and O–H groups in total. The highest BCUT2D eigenvalue weighted by molar-refractivity contribution is 5.84. The number of carbonyl (C=O) groups is 1. The minimum atomic E-state index is -0.781. The molecule has 2 fully saturated rings. The highest BCUT2D eigenvalue weighted by Crippen LogP contribution is 2.31. The molecular weight excluding hydrogens is 244 g/mol. The van der Waals surface area contributed by atoms with Crippen molar-refractivity contribution in [1.82, 2.24) is 9.80 Å². The number of aliphatic hydroxyl groups is 1. The maximum Gasteiger partial charge on any atom is 0.255 e. The number of hydrogen-bond acceptors (Lipinski definition) is 4. The number of nitrogens with zero attached hydrogens (tertiary/aromatic N) is 2. The quantitative estimate of drug-likeness (QED) is 0.810. The van der Waals surface area contributed by atoms with Crippen molar-refractivity contribution in [3.8, 4) is 0 Å². The van der Waals surface area contributed by atoms with Crippen molar-refractivity contribution < 1.29 is 14.6 Å². The molecule has 1 aliphatic heterocycles. The van der Waals surface area contributed by atoms with Gasteiger partial charge in [0.1, 0.15) is 0 Å². The zero-order valence-electron chi connectivity index (χ0n) is 12.3. The number of rotatable bonds is 3. The second-order valence-electron chi connectivity index (χ2n) is 6.42. The molecule has 0 radical (unpaired) electrons. The summed E-state index contributed by atoms with van der Waals surface area (Å²) in [6.45, 7) is 4.41. The van der Waals surface area contributed by atoms with E-state index in [0.29, 0.717) is 19.7 Å². The van der Waals surface area contributed by atoms with Gasteiger partial charge < -0.3 is 14.7 Å². The number of carbonyl (C=O) groups excluding carboxylic acids is 1. The van der Waals surface area contributed by atoms with E-state index in [0.717, 1.165) is 32.2 Å². The van der Waals surface area contributed by atoms with Crippen molar-refractivity contribution in [3.63, 3.8) is 0 Å². The van der Waals surface area contributed by atoms with Gasteiger partial charge in [-0.1, -0.05) is 12.8 Å². The second kappa shape index (κ2) is 5.38. The molecule has 1 saturated carbocycles. The number of hydrogen-bond donors (Lipinski definition) is 1. The van der Waals surface area contributed by atoms with Crippen molar-refractivity contribution in [3.05, 3.63) is 0 Å². The molecule has 5 heteroatoms. The van der Waals surface area contributed by atoms with Crippen molar-refractivity contribution in [2.45, 2.75) is 43.8 Å². The number of amides is 1. The van der Waals surface area contributed by atoms with E-state index in [4.69, 9.17) is 4.74 Å². The first-order chi connectivity index (χ1) is 8.85. The Morgan fingerprint density at radius 3 is 2.58 bits per heavy atom. The molecule has 0 aromatic heterocycles. The smallest absolute Gasteiger partial charge is 0.255 e. The number of ether oxygens (including phenoxy) is 1. The summed E-state index contributed by atoms with van der Waals surface area (Å²) in [5, 5.41) is 10.5. The van der Waals surface area contributed by atoms with Gasteiger partial charge in [0.15, 0.2) is 5.60 Å². The monoisotopic (exact) mass is 270 g/mol. The van der Waals surface area contributed by atoms with Gasteiger partial charge in [-0.3, -0.25) is 9.69 Å². The summed E-state index contributed by atoms with van der Waals surface area (Å²) >= 11 is 0. The molecule has 0 spiro atoms. The molecule has 1 heterocycles. The van der Waals surface area contributed by atoms with Crippen LogP contribution in [0, 0.1) is 0 Å². The van der Waals surface area contributed by atoms with Crippen LogP contribution in [0.1, 0.15) is 32.6 Å². The lowest BCUT2D eigenvalue weighted by Gasteiger charge is -2.42. The third-order valence-corrected chi connectivity index (χ3v) is 4.26. The van der Waals surface area contributed by atoms with Crippen LogP contribution in [-0.4, -0.2) is 72.4 Å². The normalized spacial score (nSPS) is 31.4. The van der Waals surface area contributed by atoms with Gasteiger partial charge in [0.25, 0.3) is 5.91 Å². The minimum Gasteiger partial charge on any atom is -0.389 e. The van der Waals surface area contributed by atoms with Gasteiger partial charge >= 0.3 is 0 Å². The Morgan fingerprint density at radius 2 is 2.00 bits per heavy atom. The van der Waals surface area contributed by atoms with E-state index in [1.165, 1.54) is 0 Å². The van der Waals surface area contributed by atoms with Crippen LogP contribution in [0.3, 0.4) is 0 Å². The fourth-order valence-corrected chi connectivity index (χ4v) is 3.30. The van der Waals surface area contributed by atoms with Crippen LogP contribution in [0.15, 0.2) is 0 Å². The molecule has 1 saturated heterocycles. The Balaban J connectivity index is 1.98. The maximum absolute atomic E-state index is 12.2. The van der Waals surface area contributed by atoms with Gasteiger partial charge in [-0.15, -0.1) is 0 Å². The summed E-state index contributed by atoms with van der Waals surface area (Å²) in [4.78, 5) is 15.9. The van der Waals surface area contributed by atoms with Gasteiger partial charge in [0, 0.05) is 33.7 Å². The Bertz CT molecular complexity index is 340. The summed E-state index contributed by atoms with van der Waals surface area (Å²) in [7, 11) is 3.50. The van der Waals surface area contributed by atoms with Crippen LogP contribution in [-0.2, 0) is 9.53 Å². The largest absolute Gasteiger partial charge is 0.389 e. The van der Waals surface area contributed by atoms with Crippen molar-refractivity contribution in [1.29, 1.82) is 0 Å². The molecule has 0 unspecified atom stereocenters. The first kappa shape index (κ1) is 14.8. The second-order valence-corrected chi connectivity index (χ2v) is 6.42. The van der Waals surface area contributed by atoms with Crippen LogP contribution < -0.4 is 0 Å². The van der Waals surface area contributed by atoms with E-state index in [-0.39, 0.29) is 5.91 Å². The zero-order chi connectivity index (χ0) is 14.1. The molecule has 1 aliphatic carbocycles. The predicted molar refractivity (Wildman–Crippen MR) is 72.9 cm³/mol. The molecule has 110 valence electrons. The fourth-order valence-electron chi connectivity index (χ4n) is 3.30. The van der Waals surface area contributed by atoms with E-state index in [9.17, 15) is 9.90 Å². The third kappa shape index (κ3) is 3.27. The standard InChI is InChI=1S/C14H26N2O3/c1-13(12(17)15(2)3)10-16(8-9-19-13)11-14(18)6-4-5-7-14/h18H,4-11H2,1-3H3/t13-/m0/s1. The van der Waals surface area contributed by atoms with E-state index >= 15 is 0 Å². The highest BCUT2D eigenvalue weighted by atomic mass is 16.5. The van der Waals surface area contributed by atoms with E-state index in [2.05, 4.69) is 4.90 Å². The van der Waals surface area contributed by atoms with Crippen molar-refractivity contribution in [2.75, 3.05) is 40.3 Å². The SMILES string of the molecule is CN(C)C(=O)[C@]1(C)CN(CC2(O)CCCC2)CCO1. The van der Waals surface area contributed by atoms with Crippen LogP contribution in [0.5, 0.6) is 0 Å². The average molecular weight is 270 g/mol. The topological polar surface area (TPSA) is 53.0 Å². The molecule has 2 rings (SSSR count). The van der Waals surface area contributed by atoms with Crippen LogP contribution in [0.25, 0.3) is 0 Å². The number of likely N-dealkylation sites (N-methyl/N-ethyl adjacent to an activating group) is 1. The molecule has 0 aromatic rings. The number of β-amino-alcohol motifs (C(OH)–C–C–N with tert-alkyl or cyclic N) is 1. The lowest BCUT2D eigenvalue weighted by Crippen LogP contribution is -2.59. The number of morpholine rings is 1. The van der Waals surface area contributed by atoms with E-state index < -0.39 is 11.2 Å². The Kier molecular flexibility index (Phi) is 4.18. The third-order valence-electron chi connectivity index (χ3n) is 4.26. The lowest BCUT2D eigenvalue weighted by atomic mass is 9.98.